The Balaban J connectivity index is 1.59. The molecule has 0 aliphatic carbocycles. The zero-order chi connectivity index (χ0) is 23.2. The van der Waals surface area contributed by atoms with E-state index in [0.717, 1.165) is 22.2 Å². The fraction of sp³-hybridized carbons (Fsp3) is 0.111. The molecule has 34 heavy (non-hydrogen) atoms. The van der Waals surface area contributed by atoms with Gasteiger partial charge in [-0.15, -0.1) is 0 Å². The molecule has 3 aromatic carbocycles. The number of fused-ring (bicyclic) bond motifs is 4. The van der Waals surface area contributed by atoms with Crippen LogP contribution in [-0.4, -0.2) is 24.1 Å². The van der Waals surface area contributed by atoms with Crippen molar-refractivity contribution in [1.82, 2.24) is 24.1 Å². The largest absolute Gasteiger partial charge is 0.304 e. The van der Waals surface area contributed by atoms with Gasteiger partial charge in [0.25, 0.3) is 5.56 Å². The number of hydrogen-bond acceptors (Lipinski definition) is 4. The van der Waals surface area contributed by atoms with Crippen molar-refractivity contribution in [2.75, 3.05) is 0 Å². The molecule has 6 nitrogen and oxygen atoms in total. The topological polar surface area (TPSA) is 65.6 Å². The minimum atomic E-state index is -0.130. The number of aryl methyl sites for hydroxylation is 1. The fourth-order valence-corrected chi connectivity index (χ4v) is 4.39. The summed E-state index contributed by atoms with van der Waals surface area (Å²) in [5.41, 5.74) is 6.42. The molecule has 3 heterocycles. The summed E-state index contributed by atoms with van der Waals surface area (Å²) < 4.78 is 3.60. The van der Waals surface area contributed by atoms with E-state index < -0.39 is 0 Å². The average molecular weight is 466 g/mol. The Labute approximate surface area is 200 Å². The number of para-hydroxylation sites is 2. The second-order valence-electron chi connectivity index (χ2n) is 8.46. The lowest BCUT2D eigenvalue weighted by Gasteiger charge is -2.08. The summed E-state index contributed by atoms with van der Waals surface area (Å²) in [6.07, 6.45) is 1.61. The number of aromatic nitrogens is 5. The second kappa shape index (κ2) is 8.08. The van der Waals surface area contributed by atoms with Gasteiger partial charge in [-0.2, -0.15) is 0 Å². The molecule has 166 valence electrons. The van der Waals surface area contributed by atoms with Crippen LogP contribution in [0.5, 0.6) is 0 Å². The number of nitrogens with zero attached hydrogens (tertiary/aromatic N) is 5. The molecule has 0 amide bonds. The summed E-state index contributed by atoms with van der Waals surface area (Å²) in [7, 11) is 0. The second-order valence-corrected chi connectivity index (χ2v) is 8.90. The van der Waals surface area contributed by atoms with Gasteiger partial charge in [-0.1, -0.05) is 65.7 Å². The summed E-state index contributed by atoms with van der Waals surface area (Å²) in [6.45, 7) is 2.98. The highest BCUT2D eigenvalue weighted by atomic mass is 35.5. The Morgan fingerprint density at radius 3 is 2.18 bits per heavy atom. The van der Waals surface area contributed by atoms with Gasteiger partial charge in [0.2, 0.25) is 0 Å². The standard InChI is InChI=1S/C27H20ClN5O/c1-17-6-8-18(9-7-17)14-32-16-29-25-23(27(32)34)24-26(31-22-5-3-2-4-21(22)30-24)33(25)15-19-10-12-20(28)13-11-19/h2-13,16H,14-15H2,1H3. The highest BCUT2D eigenvalue weighted by Crippen LogP contribution is 2.26. The van der Waals surface area contributed by atoms with E-state index in [2.05, 4.69) is 0 Å². The molecule has 6 rings (SSSR count). The lowest BCUT2D eigenvalue weighted by Crippen LogP contribution is -2.21. The Morgan fingerprint density at radius 2 is 1.44 bits per heavy atom. The minimum Gasteiger partial charge on any atom is -0.304 e. The first-order chi connectivity index (χ1) is 16.6. The molecule has 3 aromatic heterocycles. The minimum absolute atomic E-state index is 0.130. The molecule has 0 radical (unpaired) electrons. The Hall–Kier alpha value is -4.03. The van der Waals surface area contributed by atoms with Crippen LogP contribution in [0, 0.1) is 6.92 Å². The van der Waals surface area contributed by atoms with Crippen molar-refractivity contribution in [1.29, 1.82) is 0 Å². The van der Waals surface area contributed by atoms with Crippen LogP contribution in [0.2, 0.25) is 5.02 Å². The molecule has 0 unspecified atom stereocenters. The van der Waals surface area contributed by atoms with E-state index in [1.165, 1.54) is 5.56 Å². The summed E-state index contributed by atoms with van der Waals surface area (Å²) in [4.78, 5) is 28.1. The summed E-state index contributed by atoms with van der Waals surface area (Å²) >= 11 is 6.08. The first kappa shape index (κ1) is 20.6. The van der Waals surface area contributed by atoms with E-state index in [0.29, 0.717) is 40.3 Å². The van der Waals surface area contributed by atoms with E-state index in [1.807, 2.05) is 84.3 Å². The molecule has 7 heteroatoms. The van der Waals surface area contributed by atoms with Gasteiger partial charge in [0.05, 0.1) is 24.1 Å². The third kappa shape index (κ3) is 3.53. The normalized spacial score (nSPS) is 11.6. The lowest BCUT2D eigenvalue weighted by molar-refractivity contribution is 0.741. The van der Waals surface area contributed by atoms with Crippen LogP contribution in [0.4, 0.5) is 0 Å². The predicted molar refractivity (Wildman–Crippen MR) is 135 cm³/mol. The van der Waals surface area contributed by atoms with E-state index in [1.54, 1.807) is 10.9 Å². The molecular weight excluding hydrogens is 446 g/mol. The summed E-state index contributed by atoms with van der Waals surface area (Å²) in [6, 6.07) is 23.5. The maximum absolute atomic E-state index is 13.7. The van der Waals surface area contributed by atoms with Crippen molar-refractivity contribution in [3.05, 3.63) is 111 Å². The smallest absolute Gasteiger partial charge is 0.265 e. The van der Waals surface area contributed by atoms with Crippen LogP contribution in [-0.2, 0) is 13.1 Å². The first-order valence-electron chi connectivity index (χ1n) is 11.0. The van der Waals surface area contributed by atoms with Gasteiger partial charge in [-0.25, -0.2) is 15.0 Å². The van der Waals surface area contributed by atoms with E-state index in [4.69, 9.17) is 26.6 Å². The van der Waals surface area contributed by atoms with Crippen molar-refractivity contribution in [3.8, 4) is 0 Å². The molecule has 0 bridgehead atoms. The van der Waals surface area contributed by atoms with Crippen molar-refractivity contribution < 1.29 is 0 Å². The van der Waals surface area contributed by atoms with Crippen molar-refractivity contribution in [3.63, 3.8) is 0 Å². The zero-order valence-corrected chi connectivity index (χ0v) is 19.2. The maximum Gasteiger partial charge on any atom is 0.265 e. The predicted octanol–water partition coefficient (Wildman–Crippen LogP) is 5.35. The van der Waals surface area contributed by atoms with Crippen LogP contribution in [0.15, 0.2) is 83.9 Å². The molecule has 0 spiro atoms. The van der Waals surface area contributed by atoms with E-state index in [9.17, 15) is 4.79 Å². The van der Waals surface area contributed by atoms with E-state index in [-0.39, 0.29) is 5.56 Å². The van der Waals surface area contributed by atoms with Crippen LogP contribution in [0.1, 0.15) is 16.7 Å². The van der Waals surface area contributed by atoms with Gasteiger partial charge in [0.15, 0.2) is 11.3 Å². The molecule has 0 saturated carbocycles. The highest BCUT2D eigenvalue weighted by Gasteiger charge is 2.20. The maximum atomic E-state index is 13.7. The van der Waals surface area contributed by atoms with Gasteiger partial charge in [-0.3, -0.25) is 9.36 Å². The van der Waals surface area contributed by atoms with E-state index >= 15 is 0 Å². The molecule has 0 atom stereocenters. The van der Waals surface area contributed by atoms with Crippen LogP contribution in [0.25, 0.3) is 33.2 Å². The SMILES string of the molecule is Cc1ccc(Cn2cnc3c(c2=O)c2nc4ccccc4nc2n3Cc2ccc(Cl)cc2)cc1. The fourth-order valence-electron chi connectivity index (χ4n) is 4.26. The molecule has 0 saturated heterocycles. The lowest BCUT2D eigenvalue weighted by atomic mass is 10.1. The van der Waals surface area contributed by atoms with Crippen molar-refractivity contribution in [2.45, 2.75) is 20.0 Å². The van der Waals surface area contributed by atoms with Gasteiger partial charge >= 0.3 is 0 Å². The molecule has 0 aliphatic rings. The number of hydrogen-bond donors (Lipinski definition) is 0. The van der Waals surface area contributed by atoms with Crippen LogP contribution < -0.4 is 5.56 Å². The Morgan fingerprint density at radius 1 is 0.794 bits per heavy atom. The molecule has 0 fully saturated rings. The Kier molecular flexibility index (Phi) is 4.89. The van der Waals surface area contributed by atoms with Gasteiger partial charge in [-0.05, 0) is 42.3 Å². The summed E-state index contributed by atoms with van der Waals surface area (Å²) in [5, 5.41) is 1.16. The van der Waals surface area contributed by atoms with Gasteiger partial charge in [0.1, 0.15) is 17.2 Å². The van der Waals surface area contributed by atoms with Crippen LogP contribution >= 0.6 is 11.6 Å². The monoisotopic (exact) mass is 465 g/mol. The molecule has 0 aliphatic heterocycles. The number of rotatable bonds is 4. The molecular formula is C27H20ClN5O. The molecule has 0 N–H and O–H groups in total. The zero-order valence-electron chi connectivity index (χ0n) is 18.4. The first-order valence-corrected chi connectivity index (χ1v) is 11.4. The van der Waals surface area contributed by atoms with Crippen LogP contribution in [0.3, 0.4) is 0 Å². The van der Waals surface area contributed by atoms with Gasteiger partial charge in [0, 0.05) is 5.02 Å². The highest BCUT2D eigenvalue weighted by molar-refractivity contribution is 6.30. The van der Waals surface area contributed by atoms with Crippen molar-refractivity contribution in [2.24, 2.45) is 0 Å². The number of benzene rings is 3. The number of halogens is 1. The summed E-state index contributed by atoms with van der Waals surface area (Å²) in [5.74, 6) is 0. The quantitative estimate of drug-likeness (QED) is 0.352. The Bertz CT molecular complexity index is 1730. The average Bonchev–Trinajstić information content (AvgIpc) is 3.15. The van der Waals surface area contributed by atoms with Gasteiger partial charge < -0.3 is 4.57 Å². The third-order valence-electron chi connectivity index (χ3n) is 6.05. The third-order valence-corrected chi connectivity index (χ3v) is 6.30. The van der Waals surface area contributed by atoms with Crippen molar-refractivity contribution >= 4 is 44.8 Å². The molecule has 6 aromatic rings.